The van der Waals surface area contributed by atoms with Gasteiger partial charge in [0.15, 0.2) is 24.8 Å². The zero-order valence-electron chi connectivity index (χ0n) is 37.5. The van der Waals surface area contributed by atoms with E-state index in [4.69, 9.17) is 5.02 Å². The number of nitrogens with zero attached hydrogens (tertiary/aromatic N) is 10. The highest BCUT2D eigenvalue weighted by Gasteiger charge is 2.28. The molecule has 0 atom stereocenters. The van der Waals surface area contributed by atoms with Gasteiger partial charge < -0.3 is 9.68 Å². The average molecular weight is 1030 g/mol. The van der Waals surface area contributed by atoms with Crippen LogP contribution in [0, 0.1) is 47.4 Å². The first-order valence-corrected chi connectivity index (χ1v) is 21.4. The maximum Gasteiger partial charge on any atom is 0.569 e. The molecule has 1 radical (unpaired) electrons. The molecular weight excluding hydrogens is 991 g/mol. The predicted molar refractivity (Wildman–Crippen MR) is 265 cm³/mol. The maximum absolute atomic E-state index is 11.6. The third-order valence-corrected chi connectivity index (χ3v) is 10.8. The van der Waals surface area contributed by atoms with E-state index in [1.807, 2.05) is 69.1 Å². The van der Waals surface area contributed by atoms with Crippen LogP contribution in [-0.2, 0) is 12.8 Å². The average Bonchev–Trinajstić information content (AvgIpc) is 3.38. The zero-order valence-corrected chi connectivity index (χ0v) is 39.9. The largest absolute Gasteiger partial charge is 0.569 e. The number of benzene rings is 2. The number of aryl methyl sites for hydroxylation is 3. The van der Waals surface area contributed by atoms with Crippen LogP contribution in [0.4, 0.5) is 22.7 Å². The van der Waals surface area contributed by atoms with Crippen molar-refractivity contribution in [3.8, 4) is 39.4 Å². The number of nitro groups is 4. The minimum atomic E-state index is -0.705. The molecule has 0 fully saturated rings. The smallest absolute Gasteiger partial charge is 0.537 e. The molecule has 1 N–H and O–H groups in total. The molecule has 0 aliphatic rings. The molecule has 0 spiro atoms. The van der Waals surface area contributed by atoms with E-state index in [0.717, 1.165) is 39.7 Å². The third-order valence-electron chi connectivity index (χ3n) is 9.92. The highest BCUT2D eigenvalue weighted by molar-refractivity contribution is 9.10. The summed E-state index contributed by atoms with van der Waals surface area (Å²) in [5.74, 6) is 0.576. The number of hydrogen-bond acceptors (Lipinski definition) is 14. The fourth-order valence-electron chi connectivity index (χ4n) is 6.46. The van der Waals surface area contributed by atoms with Gasteiger partial charge in [-0.25, -0.2) is 0 Å². The molecular formula is C47H42BBrClN10O10+2. The predicted octanol–water partition coefficient (Wildman–Crippen LogP) is 9.37. The molecule has 0 unspecified atom stereocenters. The molecule has 0 aliphatic carbocycles. The van der Waals surface area contributed by atoms with E-state index in [9.17, 15) is 40.5 Å². The number of hydrogen-bond donors (Lipinski definition) is 1. The number of non-ortho nitro benzene ring substituents is 2. The Kier molecular flexibility index (Phi) is 20.7. The van der Waals surface area contributed by atoms with Gasteiger partial charge in [0.05, 0.1) is 19.7 Å². The molecule has 0 amide bonds. The Balaban J connectivity index is 0.000000267. The van der Waals surface area contributed by atoms with Crippen molar-refractivity contribution in [2.24, 2.45) is 0 Å². The second-order valence-electron chi connectivity index (χ2n) is 14.2. The highest BCUT2D eigenvalue weighted by atomic mass is 79.9. The van der Waals surface area contributed by atoms with Gasteiger partial charge in [0.25, 0.3) is 22.7 Å². The standard InChI is InChI=1S/C24H18N6O8.C12H12N2.C6H6BrN.C5H5BNO2.ClH/c1-2-16-15-26(22-6-4-19(28(33)34)14-24(22)30(37)38)12-9-20(16)17-7-10-25(11-8-17)21-5-3-18(27(31)32)13-23(21)29(35)36;1-2-10-9-14-8-5-12(10)11-3-6-13-7-4-11;1-5-4-8-3-2-6(5)7;8-6-9-5-1-3-7-4-2-5;/h3-15H,2H2,1H3;3-9H,2H2,1H3;2-4H,1H3;1-4,8H;1H/q+2;;;;. The van der Waals surface area contributed by atoms with Crippen LogP contribution in [0.2, 0.25) is 0 Å². The molecule has 6 aromatic heterocycles. The molecule has 0 saturated heterocycles. The van der Waals surface area contributed by atoms with Gasteiger partial charge in [0.1, 0.15) is 17.9 Å². The first kappa shape index (κ1) is 54.1. The van der Waals surface area contributed by atoms with Gasteiger partial charge in [0, 0.05) is 102 Å². The van der Waals surface area contributed by atoms with Crippen LogP contribution in [-0.4, -0.2) is 52.3 Å². The van der Waals surface area contributed by atoms with Crippen molar-refractivity contribution in [2.75, 3.05) is 0 Å². The first-order chi connectivity index (χ1) is 33.3. The van der Waals surface area contributed by atoms with E-state index in [1.165, 1.54) is 55.7 Å². The molecule has 23 heteroatoms. The Bertz CT molecular complexity index is 3040. The molecule has 2 aromatic carbocycles. The van der Waals surface area contributed by atoms with E-state index in [0.29, 0.717) is 19.9 Å². The van der Waals surface area contributed by atoms with Crippen LogP contribution in [0.5, 0.6) is 5.75 Å². The van der Waals surface area contributed by atoms with Gasteiger partial charge in [0.2, 0.25) is 0 Å². The lowest BCUT2D eigenvalue weighted by atomic mass is 10.0. The Morgan fingerprint density at radius 2 is 1.06 bits per heavy atom. The molecule has 8 aromatic rings. The van der Waals surface area contributed by atoms with Gasteiger partial charge in [-0.3, -0.25) is 60.4 Å². The number of nitro benzene ring substituents is 4. The summed E-state index contributed by atoms with van der Waals surface area (Å²) < 4.78 is 8.71. The van der Waals surface area contributed by atoms with Crippen LogP contribution in [0.1, 0.15) is 30.5 Å². The summed E-state index contributed by atoms with van der Waals surface area (Å²) in [6.45, 7) is 6.05. The third kappa shape index (κ3) is 14.8. The number of rotatable bonds is 12. The van der Waals surface area contributed by atoms with Crippen molar-refractivity contribution in [3.05, 3.63) is 227 Å². The fraction of sp³-hybridized carbons (Fsp3) is 0.106. The molecule has 8 rings (SSSR count). The summed E-state index contributed by atoms with van der Waals surface area (Å²) in [7, 11) is 0.634. The summed E-state index contributed by atoms with van der Waals surface area (Å²) in [5, 5.41) is 53.3. The van der Waals surface area contributed by atoms with Crippen molar-refractivity contribution < 1.29 is 38.5 Å². The molecule has 6 heterocycles. The van der Waals surface area contributed by atoms with Crippen molar-refractivity contribution in [1.82, 2.24) is 19.9 Å². The summed E-state index contributed by atoms with van der Waals surface area (Å²) in [5.41, 5.74) is 6.00. The lowest BCUT2D eigenvalue weighted by Crippen LogP contribution is -2.32. The van der Waals surface area contributed by atoms with Crippen molar-refractivity contribution in [3.63, 3.8) is 0 Å². The second kappa shape index (κ2) is 26.8. The highest BCUT2D eigenvalue weighted by Crippen LogP contribution is 2.29. The minimum Gasteiger partial charge on any atom is -0.537 e. The Morgan fingerprint density at radius 1 is 0.586 bits per heavy atom. The van der Waals surface area contributed by atoms with E-state index in [1.54, 1.807) is 73.7 Å². The van der Waals surface area contributed by atoms with Crippen LogP contribution in [0.3, 0.4) is 0 Å². The number of pyridine rings is 6. The SMILES string of the molecule is CCc1c[n+](-c2ccc([N+](=O)[O-])cc2[N+](=O)[O-])ccc1-c1cc[n+](-c2ccc([N+](=O)[O-])cc2[N+](=O)[O-])cc1.CCc1cnccc1-c1ccncc1.Cc1cnccc1Br.Cl.O[B]Oc1ccncc1. The van der Waals surface area contributed by atoms with Crippen LogP contribution < -0.4 is 13.8 Å². The van der Waals surface area contributed by atoms with E-state index in [-0.39, 0.29) is 29.5 Å². The number of halogens is 2. The zero-order chi connectivity index (χ0) is 49.9. The summed E-state index contributed by atoms with van der Waals surface area (Å²) >= 11 is 3.36. The van der Waals surface area contributed by atoms with Crippen LogP contribution in [0.15, 0.2) is 170 Å². The maximum atomic E-state index is 11.6. The molecule has 0 saturated carbocycles. The summed E-state index contributed by atoms with van der Waals surface area (Å²) in [6.07, 6.45) is 22.2. The lowest BCUT2D eigenvalue weighted by molar-refractivity contribution is -0.601. The summed E-state index contributed by atoms with van der Waals surface area (Å²) in [4.78, 5) is 58.2. The van der Waals surface area contributed by atoms with Crippen molar-refractivity contribution >= 4 is 58.8 Å². The van der Waals surface area contributed by atoms with Gasteiger partial charge in [-0.2, -0.15) is 9.13 Å². The fourth-order valence-corrected chi connectivity index (χ4v) is 6.68. The topological polar surface area (TPSA) is 261 Å². The van der Waals surface area contributed by atoms with E-state index in [2.05, 4.69) is 47.4 Å². The minimum absolute atomic E-state index is 0. The van der Waals surface area contributed by atoms with E-state index < -0.39 is 36.8 Å². The Labute approximate surface area is 415 Å². The van der Waals surface area contributed by atoms with Crippen molar-refractivity contribution in [2.45, 2.75) is 33.6 Å². The van der Waals surface area contributed by atoms with Crippen molar-refractivity contribution in [1.29, 1.82) is 0 Å². The van der Waals surface area contributed by atoms with Gasteiger partial charge in [-0.15, -0.1) is 12.4 Å². The monoisotopic (exact) mass is 1030 g/mol. The van der Waals surface area contributed by atoms with Gasteiger partial charge in [-0.05, 0) is 89.5 Å². The molecule has 20 nitrogen and oxygen atoms in total. The molecule has 0 aliphatic heterocycles. The second-order valence-corrected chi connectivity index (χ2v) is 15.0. The normalized spacial score (nSPS) is 9.96. The van der Waals surface area contributed by atoms with E-state index >= 15 is 0 Å². The van der Waals surface area contributed by atoms with Crippen LogP contribution in [0.25, 0.3) is 33.6 Å². The van der Waals surface area contributed by atoms with Crippen LogP contribution >= 0.6 is 28.3 Å². The summed E-state index contributed by atoms with van der Waals surface area (Å²) in [6, 6.07) is 23.3. The lowest BCUT2D eigenvalue weighted by Gasteiger charge is -2.07. The Morgan fingerprint density at radius 3 is 1.54 bits per heavy atom. The first-order valence-electron chi connectivity index (χ1n) is 20.6. The molecule has 0 bridgehead atoms. The van der Waals surface area contributed by atoms with Gasteiger partial charge in [-0.1, -0.05) is 29.8 Å². The van der Waals surface area contributed by atoms with Gasteiger partial charge >= 0.3 is 19.1 Å². The molecule has 70 heavy (non-hydrogen) atoms. The molecule has 355 valence electrons. The quantitative estimate of drug-likeness (QED) is 0.0517. The Hall–Kier alpha value is -8.47. The number of aromatic nitrogens is 6.